The summed E-state index contributed by atoms with van der Waals surface area (Å²) in [6.07, 6.45) is 1.81. The largest absolute Gasteiger partial charge is 0.478 e. The molecule has 0 spiro atoms. The van der Waals surface area contributed by atoms with Crippen molar-refractivity contribution in [2.45, 2.75) is 34.2 Å². The van der Waals surface area contributed by atoms with Crippen LogP contribution in [0.3, 0.4) is 0 Å². The highest BCUT2D eigenvalue weighted by Crippen LogP contribution is 2.21. The normalized spacial score (nSPS) is 11.2. The average molecular weight is 284 g/mol. The van der Waals surface area contributed by atoms with Crippen LogP contribution in [0.2, 0.25) is 0 Å². The standard InChI is InChI=1S/C17H20N2O2/c1-5-19-12(3)8-15(13(19)4)10-18-16-9-14(17(20)21)7-6-11(16)2/h6-10H,5H2,1-4H3,(H,20,21). The number of aromatic carboxylic acids is 1. The zero-order valence-electron chi connectivity index (χ0n) is 12.8. The van der Waals surface area contributed by atoms with E-state index >= 15 is 0 Å². The SMILES string of the molecule is CCn1c(C)cc(C=Nc2cc(C(=O)O)ccc2C)c1C. The molecule has 0 fully saturated rings. The Balaban J connectivity index is 2.38. The second-order valence-corrected chi connectivity index (χ2v) is 5.14. The van der Waals surface area contributed by atoms with E-state index in [4.69, 9.17) is 5.11 Å². The number of benzene rings is 1. The zero-order chi connectivity index (χ0) is 15.6. The molecule has 1 N–H and O–H groups in total. The second-order valence-electron chi connectivity index (χ2n) is 5.14. The molecule has 0 saturated heterocycles. The molecular weight excluding hydrogens is 264 g/mol. The summed E-state index contributed by atoms with van der Waals surface area (Å²) in [5, 5.41) is 9.05. The first-order valence-electron chi connectivity index (χ1n) is 6.98. The minimum atomic E-state index is -0.935. The number of hydrogen-bond acceptors (Lipinski definition) is 2. The molecule has 1 aromatic heterocycles. The smallest absolute Gasteiger partial charge is 0.335 e. The molecule has 0 aliphatic heterocycles. The second kappa shape index (κ2) is 5.95. The van der Waals surface area contributed by atoms with E-state index in [1.165, 1.54) is 11.4 Å². The lowest BCUT2D eigenvalue weighted by atomic mass is 10.1. The Labute approximate surface area is 124 Å². The van der Waals surface area contributed by atoms with Crippen LogP contribution in [-0.2, 0) is 6.54 Å². The molecule has 1 aromatic carbocycles. The number of aryl methyl sites for hydroxylation is 2. The molecule has 4 heteroatoms. The summed E-state index contributed by atoms with van der Waals surface area (Å²) in [4.78, 5) is 15.5. The molecule has 2 rings (SSSR count). The molecule has 0 aliphatic carbocycles. The fourth-order valence-corrected chi connectivity index (χ4v) is 2.47. The summed E-state index contributed by atoms with van der Waals surface area (Å²) in [7, 11) is 0. The van der Waals surface area contributed by atoms with Gasteiger partial charge in [0, 0.05) is 29.7 Å². The monoisotopic (exact) mass is 284 g/mol. The third-order valence-corrected chi connectivity index (χ3v) is 3.73. The fourth-order valence-electron chi connectivity index (χ4n) is 2.47. The summed E-state index contributed by atoms with van der Waals surface area (Å²) < 4.78 is 2.22. The number of nitrogens with zero attached hydrogens (tertiary/aromatic N) is 2. The van der Waals surface area contributed by atoms with Gasteiger partial charge in [0.1, 0.15) is 0 Å². The molecule has 4 nitrogen and oxygen atoms in total. The fraction of sp³-hybridized carbons (Fsp3) is 0.294. The predicted octanol–water partition coefficient (Wildman–Crippen LogP) is 3.88. The van der Waals surface area contributed by atoms with Crippen LogP contribution in [0, 0.1) is 20.8 Å². The van der Waals surface area contributed by atoms with Crippen LogP contribution in [0.5, 0.6) is 0 Å². The van der Waals surface area contributed by atoms with Gasteiger partial charge in [0.25, 0.3) is 0 Å². The highest BCUT2D eigenvalue weighted by atomic mass is 16.4. The van der Waals surface area contributed by atoms with E-state index in [-0.39, 0.29) is 5.56 Å². The van der Waals surface area contributed by atoms with Crippen molar-refractivity contribution >= 4 is 17.9 Å². The maximum Gasteiger partial charge on any atom is 0.335 e. The van der Waals surface area contributed by atoms with Gasteiger partial charge in [-0.2, -0.15) is 0 Å². The third-order valence-electron chi connectivity index (χ3n) is 3.73. The molecule has 0 amide bonds. The van der Waals surface area contributed by atoms with E-state index in [0.717, 1.165) is 17.7 Å². The van der Waals surface area contributed by atoms with Gasteiger partial charge in [-0.1, -0.05) is 6.07 Å². The predicted molar refractivity (Wildman–Crippen MR) is 85.0 cm³/mol. The Morgan fingerprint density at radius 3 is 2.57 bits per heavy atom. The van der Waals surface area contributed by atoms with Gasteiger partial charge in [0.05, 0.1) is 11.3 Å². The number of aliphatic imine (C=N–C) groups is 1. The molecular formula is C17H20N2O2. The van der Waals surface area contributed by atoms with Crippen molar-refractivity contribution in [2.75, 3.05) is 0 Å². The van der Waals surface area contributed by atoms with Gasteiger partial charge in [-0.25, -0.2) is 4.79 Å². The van der Waals surface area contributed by atoms with Gasteiger partial charge in [0.2, 0.25) is 0 Å². The van der Waals surface area contributed by atoms with Crippen LogP contribution in [0.25, 0.3) is 0 Å². The lowest BCUT2D eigenvalue weighted by molar-refractivity contribution is 0.0697. The first kappa shape index (κ1) is 15.0. The Hall–Kier alpha value is -2.36. The van der Waals surface area contributed by atoms with Crippen LogP contribution >= 0.6 is 0 Å². The van der Waals surface area contributed by atoms with Crippen LogP contribution in [0.1, 0.15) is 39.8 Å². The van der Waals surface area contributed by atoms with Gasteiger partial charge in [-0.3, -0.25) is 4.99 Å². The number of rotatable bonds is 4. The van der Waals surface area contributed by atoms with Crippen molar-refractivity contribution < 1.29 is 9.90 Å². The molecule has 0 atom stereocenters. The third kappa shape index (κ3) is 3.05. The van der Waals surface area contributed by atoms with E-state index < -0.39 is 5.97 Å². The Morgan fingerprint density at radius 2 is 2.00 bits per heavy atom. The maximum atomic E-state index is 11.0. The van der Waals surface area contributed by atoms with E-state index in [1.54, 1.807) is 18.2 Å². The minimum absolute atomic E-state index is 0.256. The number of carboxylic acid groups (broad SMARTS) is 1. The van der Waals surface area contributed by atoms with Crippen molar-refractivity contribution in [1.29, 1.82) is 0 Å². The number of aromatic nitrogens is 1. The van der Waals surface area contributed by atoms with Crippen LogP contribution in [0.15, 0.2) is 29.3 Å². The quantitative estimate of drug-likeness (QED) is 0.866. The van der Waals surface area contributed by atoms with E-state index in [1.807, 2.05) is 13.1 Å². The topological polar surface area (TPSA) is 54.6 Å². The van der Waals surface area contributed by atoms with Crippen molar-refractivity contribution in [3.63, 3.8) is 0 Å². The lowest BCUT2D eigenvalue weighted by Crippen LogP contribution is -1.99. The number of carbonyl (C=O) groups is 1. The van der Waals surface area contributed by atoms with Gasteiger partial charge >= 0.3 is 5.97 Å². The van der Waals surface area contributed by atoms with Gasteiger partial charge in [0.15, 0.2) is 0 Å². The van der Waals surface area contributed by atoms with Crippen LogP contribution in [0.4, 0.5) is 5.69 Å². The van der Waals surface area contributed by atoms with Crippen LogP contribution < -0.4 is 0 Å². The Kier molecular flexibility index (Phi) is 4.26. The van der Waals surface area contributed by atoms with Gasteiger partial charge in [-0.05, 0) is 51.5 Å². The first-order valence-corrected chi connectivity index (χ1v) is 6.98. The Morgan fingerprint density at radius 1 is 1.29 bits per heavy atom. The molecule has 0 bridgehead atoms. The minimum Gasteiger partial charge on any atom is -0.478 e. The summed E-state index contributed by atoms with van der Waals surface area (Å²) in [5.41, 5.74) is 5.34. The molecule has 21 heavy (non-hydrogen) atoms. The summed E-state index contributed by atoms with van der Waals surface area (Å²) in [6, 6.07) is 7.08. The highest BCUT2D eigenvalue weighted by Gasteiger charge is 2.07. The van der Waals surface area contributed by atoms with Crippen molar-refractivity contribution in [3.8, 4) is 0 Å². The van der Waals surface area contributed by atoms with E-state index in [2.05, 4.69) is 36.4 Å². The van der Waals surface area contributed by atoms with Crippen molar-refractivity contribution in [3.05, 3.63) is 52.3 Å². The maximum absolute atomic E-state index is 11.0. The molecule has 0 saturated carbocycles. The molecule has 0 radical (unpaired) electrons. The van der Waals surface area contributed by atoms with E-state index in [0.29, 0.717) is 5.69 Å². The lowest BCUT2D eigenvalue weighted by Gasteiger charge is -2.04. The summed E-state index contributed by atoms with van der Waals surface area (Å²) in [5.74, 6) is -0.935. The number of carboxylic acids is 1. The Bertz CT molecular complexity index is 712. The van der Waals surface area contributed by atoms with Crippen molar-refractivity contribution in [1.82, 2.24) is 4.57 Å². The number of hydrogen-bond donors (Lipinski definition) is 1. The van der Waals surface area contributed by atoms with Gasteiger partial charge in [-0.15, -0.1) is 0 Å². The highest BCUT2D eigenvalue weighted by molar-refractivity contribution is 5.90. The summed E-state index contributed by atoms with van der Waals surface area (Å²) in [6.45, 7) is 9.11. The van der Waals surface area contributed by atoms with E-state index in [9.17, 15) is 4.79 Å². The zero-order valence-corrected chi connectivity index (χ0v) is 12.8. The van der Waals surface area contributed by atoms with Gasteiger partial charge < -0.3 is 9.67 Å². The van der Waals surface area contributed by atoms with Crippen LogP contribution in [-0.4, -0.2) is 21.9 Å². The molecule has 0 aliphatic rings. The van der Waals surface area contributed by atoms with Crippen molar-refractivity contribution in [2.24, 2.45) is 4.99 Å². The molecule has 1 heterocycles. The molecule has 110 valence electrons. The average Bonchev–Trinajstić information content (AvgIpc) is 2.71. The molecule has 0 unspecified atom stereocenters. The molecule has 2 aromatic rings. The first-order chi connectivity index (χ1) is 9.93. The summed E-state index contributed by atoms with van der Waals surface area (Å²) >= 11 is 0.